The van der Waals surface area contributed by atoms with Crippen LogP contribution in [-0.4, -0.2) is 33.8 Å². The Bertz CT molecular complexity index is 324. The number of sulfonamides is 1. The zero-order chi connectivity index (χ0) is 13.5. The fourth-order valence-corrected chi connectivity index (χ4v) is 2.08. The molecule has 17 heavy (non-hydrogen) atoms. The van der Waals surface area contributed by atoms with Crippen LogP contribution in [0.3, 0.4) is 0 Å². The summed E-state index contributed by atoms with van der Waals surface area (Å²) in [4.78, 5) is 11.4. The van der Waals surface area contributed by atoms with Gasteiger partial charge in [-0.05, 0) is 18.3 Å². The highest BCUT2D eigenvalue weighted by Crippen LogP contribution is 2.14. The van der Waals surface area contributed by atoms with Crippen molar-refractivity contribution in [2.24, 2.45) is 11.8 Å². The fourth-order valence-electron chi connectivity index (χ4n) is 1.62. The van der Waals surface area contributed by atoms with Gasteiger partial charge < -0.3 is 4.74 Å². The second-order valence-corrected chi connectivity index (χ2v) is 6.66. The van der Waals surface area contributed by atoms with E-state index >= 15 is 0 Å². The van der Waals surface area contributed by atoms with Gasteiger partial charge in [0.1, 0.15) is 6.61 Å². The number of nitrogens with one attached hydrogen (secondary N) is 1. The van der Waals surface area contributed by atoms with Crippen LogP contribution in [0.25, 0.3) is 0 Å². The topological polar surface area (TPSA) is 72.5 Å². The maximum atomic E-state index is 11.4. The standard InChI is InChI=1S/C11H23NO4S/c1-9(2)7-10(3)8-11(13)16-6-5-12-17(4,14)15/h9-10,12H,5-8H2,1-4H3/t10-/m0/s1. The van der Waals surface area contributed by atoms with Crippen molar-refractivity contribution in [3.05, 3.63) is 0 Å². The molecule has 102 valence electrons. The summed E-state index contributed by atoms with van der Waals surface area (Å²) in [6.45, 7) is 6.44. The van der Waals surface area contributed by atoms with Gasteiger partial charge in [-0.2, -0.15) is 0 Å². The summed E-state index contributed by atoms with van der Waals surface area (Å²) in [6, 6.07) is 0. The van der Waals surface area contributed by atoms with Gasteiger partial charge in [-0.25, -0.2) is 13.1 Å². The Labute approximate surface area is 104 Å². The zero-order valence-corrected chi connectivity index (χ0v) is 11.8. The van der Waals surface area contributed by atoms with E-state index < -0.39 is 10.0 Å². The van der Waals surface area contributed by atoms with Crippen molar-refractivity contribution < 1.29 is 17.9 Å². The Balaban J connectivity index is 3.66. The molecule has 0 radical (unpaired) electrons. The van der Waals surface area contributed by atoms with Crippen LogP contribution in [0.5, 0.6) is 0 Å². The number of hydrogen-bond donors (Lipinski definition) is 1. The van der Waals surface area contributed by atoms with Crippen molar-refractivity contribution in [2.75, 3.05) is 19.4 Å². The van der Waals surface area contributed by atoms with Crippen molar-refractivity contribution >= 4 is 16.0 Å². The van der Waals surface area contributed by atoms with Crippen molar-refractivity contribution in [1.29, 1.82) is 0 Å². The van der Waals surface area contributed by atoms with E-state index in [0.717, 1.165) is 12.7 Å². The quantitative estimate of drug-likeness (QED) is 0.528. The van der Waals surface area contributed by atoms with Crippen LogP contribution in [0.2, 0.25) is 0 Å². The molecule has 1 N–H and O–H groups in total. The third-order valence-corrected chi connectivity index (χ3v) is 2.85. The van der Waals surface area contributed by atoms with Gasteiger partial charge >= 0.3 is 5.97 Å². The van der Waals surface area contributed by atoms with Gasteiger partial charge in [0.2, 0.25) is 10.0 Å². The monoisotopic (exact) mass is 265 g/mol. The van der Waals surface area contributed by atoms with Gasteiger partial charge in [0.15, 0.2) is 0 Å². The van der Waals surface area contributed by atoms with Crippen LogP contribution >= 0.6 is 0 Å². The van der Waals surface area contributed by atoms with E-state index in [1.54, 1.807) is 0 Å². The highest BCUT2D eigenvalue weighted by molar-refractivity contribution is 7.88. The SMILES string of the molecule is CC(C)C[C@H](C)CC(=O)OCCNS(C)(=O)=O. The van der Waals surface area contributed by atoms with E-state index in [2.05, 4.69) is 18.6 Å². The second kappa shape index (κ2) is 7.66. The third kappa shape index (κ3) is 11.6. The second-order valence-electron chi connectivity index (χ2n) is 4.83. The van der Waals surface area contributed by atoms with Crippen LogP contribution < -0.4 is 4.72 Å². The van der Waals surface area contributed by atoms with Crippen LogP contribution in [0.4, 0.5) is 0 Å². The van der Waals surface area contributed by atoms with E-state index in [4.69, 9.17) is 4.74 Å². The molecule has 0 saturated heterocycles. The summed E-state index contributed by atoms with van der Waals surface area (Å²) < 4.78 is 28.6. The molecule has 0 unspecified atom stereocenters. The lowest BCUT2D eigenvalue weighted by atomic mass is 9.96. The molecule has 0 bridgehead atoms. The molecule has 0 heterocycles. The first-order chi connectivity index (χ1) is 7.70. The molecule has 0 saturated carbocycles. The first kappa shape index (κ1) is 16.4. The Hall–Kier alpha value is -0.620. The Morgan fingerprint density at radius 1 is 1.29 bits per heavy atom. The van der Waals surface area contributed by atoms with Crippen molar-refractivity contribution in [3.63, 3.8) is 0 Å². The summed E-state index contributed by atoms with van der Waals surface area (Å²) in [7, 11) is -3.20. The summed E-state index contributed by atoms with van der Waals surface area (Å²) in [5, 5.41) is 0. The molecular weight excluding hydrogens is 242 g/mol. The Morgan fingerprint density at radius 2 is 1.88 bits per heavy atom. The molecule has 0 aromatic rings. The molecule has 5 nitrogen and oxygen atoms in total. The van der Waals surface area contributed by atoms with Gasteiger partial charge in [-0.15, -0.1) is 0 Å². The highest BCUT2D eigenvalue weighted by Gasteiger charge is 2.11. The van der Waals surface area contributed by atoms with Crippen molar-refractivity contribution in [2.45, 2.75) is 33.6 Å². The lowest BCUT2D eigenvalue weighted by molar-refractivity contribution is -0.144. The number of esters is 1. The molecule has 0 aromatic carbocycles. The van der Waals surface area contributed by atoms with E-state index in [-0.39, 0.29) is 19.1 Å². The predicted octanol–water partition coefficient (Wildman–Crippen LogP) is 1.15. The maximum Gasteiger partial charge on any atom is 0.306 e. The number of hydrogen-bond acceptors (Lipinski definition) is 4. The van der Waals surface area contributed by atoms with Crippen LogP contribution in [0, 0.1) is 11.8 Å². The first-order valence-corrected chi connectivity index (χ1v) is 7.70. The minimum absolute atomic E-state index is 0.0836. The molecule has 0 aliphatic rings. The largest absolute Gasteiger partial charge is 0.464 e. The minimum Gasteiger partial charge on any atom is -0.464 e. The van der Waals surface area contributed by atoms with Gasteiger partial charge in [0.05, 0.1) is 6.26 Å². The van der Waals surface area contributed by atoms with Gasteiger partial charge in [0.25, 0.3) is 0 Å². The number of carbonyl (C=O) groups excluding carboxylic acids is 1. The van der Waals surface area contributed by atoms with Crippen LogP contribution in [-0.2, 0) is 19.6 Å². The van der Waals surface area contributed by atoms with E-state index in [9.17, 15) is 13.2 Å². The summed E-state index contributed by atoms with van der Waals surface area (Å²) >= 11 is 0. The zero-order valence-electron chi connectivity index (χ0n) is 11.0. The Morgan fingerprint density at radius 3 is 2.35 bits per heavy atom. The maximum absolute atomic E-state index is 11.4. The van der Waals surface area contributed by atoms with Gasteiger partial charge in [-0.3, -0.25) is 4.79 Å². The Kier molecular flexibility index (Phi) is 7.38. The van der Waals surface area contributed by atoms with E-state index in [0.29, 0.717) is 18.3 Å². The average Bonchev–Trinajstić information content (AvgIpc) is 2.09. The lowest BCUT2D eigenvalue weighted by Crippen LogP contribution is -2.27. The molecule has 0 amide bonds. The normalized spacial score (nSPS) is 13.7. The van der Waals surface area contributed by atoms with Crippen LogP contribution in [0.15, 0.2) is 0 Å². The minimum atomic E-state index is -3.20. The number of rotatable bonds is 8. The number of ether oxygens (including phenoxy) is 1. The molecular formula is C11H23NO4S. The molecule has 0 aliphatic heterocycles. The smallest absolute Gasteiger partial charge is 0.306 e. The third-order valence-electron chi connectivity index (χ3n) is 2.12. The summed E-state index contributed by atoms with van der Waals surface area (Å²) in [5.74, 6) is 0.587. The van der Waals surface area contributed by atoms with Gasteiger partial charge in [0, 0.05) is 13.0 Å². The van der Waals surface area contributed by atoms with Crippen molar-refractivity contribution in [3.8, 4) is 0 Å². The molecule has 0 rings (SSSR count). The number of carbonyl (C=O) groups is 1. The molecule has 1 atom stereocenters. The summed E-state index contributed by atoms with van der Waals surface area (Å²) in [6.07, 6.45) is 2.44. The predicted molar refractivity (Wildman–Crippen MR) is 67.0 cm³/mol. The average molecular weight is 265 g/mol. The molecule has 6 heteroatoms. The summed E-state index contributed by atoms with van der Waals surface area (Å²) in [5.41, 5.74) is 0. The first-order valence-electron chi connectivity index (χ1n) is 5.81. The molecule has 0 aromatic heterocycles. The lowest BCUT2D eigenvalue weighted by Gasteiger charge is -2.13. The van der Waals surface area contributed by atoms with Gasteiger partial charge in [-0.1, -0.05) is 20.8 Å². The molecule has 0 spiro atoms. The highest BCUT2D eigenvalue weighted by atomic mass is 32.2. The van der Waals surface area contributed by atoms with E-state index in [1.807, 2.05) is 6.92 Å². The molecule has 0 fully saturated rings. The molecule has 0 aliphatic carbocycles. The fraction of sp³-hybridized carbons (Fsp3) is 0.909. The van der Waals surface area contributed by atoms with E-state index in [1.165, 1.54) is 0 Å². The van der Waals surface area contributed by atoms with Crippen molar-refractivity contribution in [1.82, 2.24) is 4.72 Å². The van der Waals surface area contributed by atoms with Crippen LogP contribution in [0.1, 0.15) is 33.6 Å².